The van der Waals surface area contributed by atoms with Gasteiger partial charge in [0, 0.05) is 11.3 Å². The molecule has 2 aliphatic rings. The molecule has 1 heterocycles. The molecule has 3 atom stereocenters. The lowest BCUT2D eigenvalue weighted by Gasteiger charge is -2.41. The Hall–Kier alpha value is -0.710. The normalized spacial score (nSPS) is 31.6. The molecule has 1 saturated heterocycles. The van der Waals surface area contributed by atoms with Gasteiger partial charge in [0.15, 0.2) is 0 Å². The van der Waals surface area contributed by atoms with Crippen LogP contribution >= 0.6 is 11.8 Å². The first-order valence-corrected chi connectivity index (χ1v) is 8.59. The van der Waals surface area contributed by atoms with Gasteiger partial charge in [0.05, 0.1) is 6.54 Å². The molecule has 0 aromatic rings. The number of thioether (sulfide) groups is 1. The van der Waals surface area contributed by atoms with Crippen molar-refractivity contribution in [3.63, 3.8) is 0 Å². The quantitative estimate of drug-likeness (QED) is 0.867. The number of carbonyl (C=O) groups excluding carboxylic acids is 2. The van der Waals surface area contributed by atoms with Gasteiger partial charge in [-0.15, -0.1) is 0 Å². The predicted octanol–water partition coefficient (Wildman–Crippen LogP) is 2.03. The summed E-state index contributed by atoms with van der Waals surface area (Å²) in [6.45, 7) is 8.42. The second-order valence-electron chi connectivity index (χ2n) is 6.88. The molecule has 0 radical (unpaired) electrons. The summed E-state index contributed by atoms with van der Waals surface area (Å²) in [4.78, 5) is 26.4. The van der Waals surface area contributed by atoms with Gasteiger partial charge in [0.2, 0.25) is 11.8 Å². The van der Waals surface area contributed by atoms with E-state index >= 15 is 0 Å². The lowest BCUT2D eigenvalue weighted by Crippen LogP contribution is -2.64. The highest BCUT2D eigenvalue weighted by Gasteiger charge is 2.43. The zero-order valence-electron chi connectivity index (χ0n) is 12.9. The third kappa shape index (κ3) is 3.30. The standard InChI is InChI=1S/C15H26N2O2S/c1-5-20-11-7-6-10(8-11)17-9-12(18)16-13(14(17)19)15(2,3)4/h10-11,13H,5-9H2,1-4H3,(H,16,18). The summed E-state index contributed by atoms with van der Waals surface area (Å²) in [7, 11) is 0. The Labute approximate surface area is 126 Å². The van der Waals surface area contributed by atoms with Gasteiger partial charge in [0.25, 0.3) is 0 Å². The monoisotopic (exact) mass is 298 g/mol. The third-order valence-electron chi connectivity index (χ3n) is 4.22. The Balaban J connectivity index is 2.07. The van der Waals surface area contributed by atoms with E-state index in [4.69, 9.17) is 0 Å². The van der Waals surface area contributed by atoms with Crippen LogP contribution < -0.4 is 5.32 Å². The largest absolute Gasteiger partial charge is 0.342 e. The molecule has 0 aromatic heterocycles. The number of rotatable bonds is 3. The Morgan fingerprint density at radius 2 is 2.00 bits per heavy atom. The summed E-state index contributed by atoms with van der Waals surface area (Å²) in [5.41, 5.74) is -0.235. The smallest absolute Gasteiger partial charge is 0.246 e. The van der Waals surface area contributed by atoms with Crippen molar-refractivity contribution in [2.45, 2.75) is 64.3 Å². The van der Waals surface area contributed by atoms with Crippen LogP contribution in [0.3, 0.4) is 0 Å². The zero-order chi connectivity index (χ0) is 14.9. The molecule has 0 spiro atoms. The summed E-state index contributed by atoms with van der Waals surface area (Å²) in [5, 5.41) is 3.51. The van der Waals surface area contributed by atoms with Crippen molar-refractivity contribution >= 4 is 23.6 Å². The van der Waals surface area contributed by atoms with Crippen LogP contribution in [0, 0.1) is 5.41 Å². The van der Waals surface area contributed by atoms with Crippen molar-refractivity contribution in [1.29, 1.82) is 0 Å². The third-order valence-corrected chi connectivity index (χ3v) is 5.45. The SMILES string of the molecule is CCSC1CCC(N2CC(=O)NC(C(C)(C)C)C2=O)C1. The number of piperazine rings is 1. The first-order chi connectivity index (χ1) is 9.32. The van der Waals surface area contributed by atoms with Gasteiger partial charge in [-0.3, -0.25) is 9.59 Å². The van der Waals surface area contributed by atoms with Crippen LogP contribution in [-0.4, -0.2) is 46.3 Å². The van der Waals surface area contributed by atoms with Crippen LogP contribution in [0.4, 0.5) is 0 Å². The summed E-state index contributed by atoms with van der Waals surface area (Å²) < 4.78 is 0. The van der Waals surface area contributed by atoms with Gasteiger partial charge >= 0.3 is 0 Å². The molecule has 3 unspecified atom stereocenters. The maximum Gasteiger partial charge on any atom is 0.246 e. The lowest BCUT2D eigenvalue weighted by molar-refractivity contribution is -0.149. The fourth-order valence-corrected chi connectivity index (χ4v) is 4.28. The van der Waals surface area contributed by atoms with Crippen LogP contribution in [-0.2, 0) is 9.59 Å². The van der Waals surface area contributed by atoms with E-state index in [1.165, 1.54) is 0 Å². The second-order valence-corrected chi connectivity index (χ2v) is 8.45. The van der Waals surface area contributed by atoms with Gasteiger partial charge < -0.3 is 10.2 Å². The Morgan fingerprint density at radius 1 is 1.30 bits per heavy atom. The molecule has 4 nitrogen and oxygen atoms in total. The van der Waals surface area contributed by atoms with E-state index in [0.29, 0.717) is 5.25 Å². The molecular weight excluding hydrogens is 272 g/mol. The minimum Gasteiger partial charge on any atom is -0.342 e. The minimum absolute atomic E-state index is 0.0175. The highest BCUT2D eigenvalue weighted by molar-refractivity contribution is 7.99. The first-order valence-electron chi connectivity index (χ1n) is 7.54. The summed E-state index contributed by atoms with van der Waals surface area (Å²) in [5.74, 6) is 1.21. The lowest BCUT2D eigenvalue weighted by atomic mass is 9.84. The molecule has 1 saturated carbocycles. The second kappa shape index (κ2) is 5.96. The predicted molar refractivity (Wildman–Crippen MR) is 82.7 cm³/mol. The van der Waals surface area contributed by atoms with E-state index in [1.54, 1.807) is 0 Å². The molecule has 1 N–H and O–H groups in total. The topological polar surface area (TPSA) is 49.4 Å². The number of carbonyl (C=O) groups is 2. The van der Waals surface area contributed by atoms with Crippen molar-refractivity contribution in [1.82, 2.24) is 10.2 Å². The van der Waals surface area contributed by atoms with Crippen molar-refractivity contribution in [3.05, 3.63) is 0 Å². The maximum atomic E-state index is 12.7. The van der Waals surface area contributed by atoms with Crippen LogP contribution in [0.15, 0.2) is 0 Å². The average molecular weight is 298 g/mol. The summed E-state index contributed by atoms with van der Waals surface area (Å²) in [6.07, 6.45) is 3.23. The molecule has 0 aromatic carbocycles. The molecule has 0 bridgehead atoms. The highest BCUT2D eigenvalue weighted by atomic mass is 32.2. The number of amides is 2. The van der Waals surface area contributed by atoms with E-state index in [-0.39, 0.29) is 35.9 Å². The van der Waals surface area contributed by atoms with Gasteiger partial charge in [-0.1, -0.05) is 27.7 Å². The van der Waals surface area contributed by atoms with Gasteiger partial charge in [0.1, 0.15) is 6.04 Å². The molecular formula is C15H26N2O2S. The molecule has 2 rings (SSSR count). The van der Waals surface area contributed by atoms with Crippen LogP contribution in [0.2, 0.25) is 0 Å². The van der Waals surface area contributed by atoms with Crippen molar-refractivity contribution in [2.75, 3.05) is 12.3 Å². The van der Waals surface area contributed by atoms with Crippen LogP contribution in [0.25, 0.3) is 0 Å². The fraction of sp³-hybridized carbons (Fsp3) is 0.867. The van der Waals surface area contributed by atoms with Crippen molar-refractivity contribution in [3.8, 4) is 0 Å². The van der Waals surface area contributed by atoms with E-state index in [0.717, 1.165) is 25.0 Å². The summed E-state index contributed by atoms with van der Waals surface area (Å²) in [6, 6.07) is -0.135. The zero-order valence-corrected chi connectivity index (χ0v) is 13.8. The average Bonchev–Trinajstić information content (AvgIpc) is 2.79. The van der Waals surface area contributed by atoms with Crippen molar-refractivity contribution < 1.29 is 9.59 Å². The Morgan fingerprint density at radius 3 is 2.60 bits per heavy atom. The maximum absolute atomic E-state index is 12.7. The van der Waals surface area contributed by atoms with Crippen molar-refractivity contribution in [2.24, 2.45) is 5.41 Å². The number of hydrogen-bond acceptors (Lipinski definition) is 3. The number of hydrogen-bond donors (Lipinski definition) is 1. The summed E-state index contributed by atoms with van der Waals surface area (Å²) >= 11 is 1.98. The first kappa shape index (κ1) is 15.7. The highest BCUT2D eigenvalue weighted by Crippen LogP contribution is 2.34. The molecule has 2 fully saturated rings. The van der Waals surface area contributed by atoms with E-state index in [1.807, 2.05) is 37.4 Å². The Bertz CT molecular complexity index is 392. The van der Waals surface area contributed by atoms with Gasteiger partial charge in [-0.2, -0.15) is 11.8 Å². The van der Waals surface area contributed by atoms with E-state index < -0.39 is 0 Å². The molecule has 1 aliphatic heterocycles. The molecule has 2 amide bonds. The molecule has 1 aliphatic carbocycles. The molecule has 5 heteroatoms. The van der Waals surface area contributed by atoms with E-state index in [2.05, 4.69) is 12.2 Å². The Kier molecular flexibility index (Phi) is 4.67. The van der Waals surface area contributed by atoms with Crippen LogP contribution in [0.5, 0.6) is 0 Å². The number of nitrogens with zero attached hydrogens (tertiary/aromatic N) is 1. The van der Waals surface area contributed by atoms with E-state index in [9.17, 15) is 9.59 Å². The molecule has 20 heavy (non-hydrogen) atoms. The van der Waals surface area contributed by atoms with Crippen LogP contribution in [0.1, 0.15) is 47.0 Å². The minimum atomic E-state index is -0.387. The molecule has 114 valence electrons. The number of nitrogens with one attached hydrogen (secondary N) is 1. The fourth-order valence-electron chi connectivity index (χ4n) is 3.15. The van der Waals surface area contributed by atoms with Gasteiger partial charge in [-0.25, -0.2) is 0 Å². The van der Waals surface area contributed by atoms with Gasteiger partial charge in [-0.05, 0) is 30.4 Å².